The van der Waals surface area contributed by atoms with Gasteiger partial charge in [-0.05, 0) is 91.6 Å². The number of terminal acetylenes is 2. The molecular weight excluding hydrogens is 696 g/mol. The molecule has 1 N–H and O–H groups in total. The van der Waals surface area contributed by atoms with E-state index in [1.807, 2.05) is 12.1 Å². The zero-order valence-corrected chi connectivity index (χ0v) is 38.0. The maximum Gasteiger partial charge on any atom is 1.00 e. The second kappa shape index (κ2) is 29.7. The maximum atomic E-state index is 5.25. The Morgan fingerprint density at radius 1 is 0.553 bits per heavy atom. The summed E-state index contributed by atoms with van der Waals surface area (Å²) in [6.07, 6.45) is 21.6. The fourth-order valence-electron chi connectivity index (χ4n) is 3.58. The van der Waals surface area contributed by atoms with Crippen LogP contribution in [-0.2, 0) is 19.3 Å². The Morgan fingerprint density at radius 3 is 1.15 bits per heavy atom. The van der Waals surface area contributed by atoms with Crippen molar-refractivity contribution in [1.82, 2.24) is 0 Å². The molecule has 250 valence electrons. The van der Waals surface area contributed by atoms with Crippen LogP contribution < -0.4 is 51.4 Å². The average molecular weight is 756 g/mol. The van der Waals surface area contributed by atoms with Gasteiger partial charge in [0.2, 0.25) is 0 Å². The molecule has 0 aliphatic heterocycles. The standard InChI is InChI=1S/C15H22Si.C12H14.C10H13Br.C5H10Si.K.H2O/c1-5-6-7-14-8-10-15(11-9-14)12-13-16(2,3)4;1-3-5-6-12-9-7-11(4-2)8-10-12;1-2-3-4-9-5-7-10(11)8-6-9;1-5-6(2,3)4;;/h8-11H,5-7H2,1-4H3;2,7-10H,3,5-6H2,1H3;5-8H,2-4H2,1H3;1H,2-4H3;;1H2/q;;;;+1;/p-1. The summed E-state index contributed by atoms with van der Waals surface area (Å²) in [7, 11) is -2.34. The maximum absolute atomic E-state index is 5.25. The van der Waals surface area contributed by atoms with Gasteiger partial charge in [-0.15, -0.1) is 23.9 Å². The normalized spacial score (nSPS) is 9.70. The molecule has 0 bridgehead atoms. The molecule has 0 radical (unpaired) electrons. The van der Waals surface area contributed by atoms with E-state index < -0.39 is 16.1 Å². The van der Waals surface area contributed by atoms with Crippen LogP contribution in [0.25, 0.3) is 0 Å². The van der Waals surface area contributed by atoms with Crippen molar-refractivity contribution in [2.75, 3.05) is 0 Å². The van der Waals surface area contributed by atoms with Crippen molar-refractivity contribution in [3.05, 3.63) is 105 Å². The first kappa shape index (κ1) is 50.2. The summed E-state index contributed by atoms with van der Waals surface area (Å²) in [6.45, 7) is 19.9. The number of aryl methyl sites for hydroxylation is 3. The van der Waals surface area contributed by atoms with Gasteiger partial charge in [0.15, 0.2) is 0 Å². The molecule has 0 aliphatic carbocycles. The average Bonchev–Trinajstić information content (AvgIpc) is 3.02. The number of benzene rings is 3. The minimum absolute atomic E-state index is 0. The minimum atomic E-state index is -1.24. The summed E-state index contributed by atoms with van der Waals surface area (Å²) < 4.78 is 1.16. The van der Waals surface area contributed by atoms with Crippen LogP contribution in [-0.4, -0.2) is 21.6 Å². The molecule has 5 heteroatoms. The summed E-state index contributed by atoms with van der Waals surface area (Å²) in [5.41, 5.74) is 12.5. The van der Waals surface area contributed by atoms with Gasteiger partial charge in [0.05, 0.1) is 0 Å². The molecule has 3 rings (SSSR count). The predicted molar refractivity (Wildman–Crippen MR) is 215 cm³/mol. The third-order valence-electron chi connectivity index (χ3n) is 6.46. The Hall–Kier alpha value is -1.15. The van der Waals surface area contributed by atoms with E-state index in [1.165, 1.54) is 74.5 Å². The van der Waals surface area contributed by atoms with Crippen LogP contribution in [0.2, 0.25) is 39.3 Å². The molecule has 0 atom stereocenters. The minimum Gasteiger partial charge on any atom is -0.870 e. The van der Waals surface area contributed by atoms with Gasteiger partial charge in [-0.1, -0.05) is 143 Å². The van der Waals surface area contributed by atoms with Crippen LogP contribution in [0.15, 0.2) is 77.3 Å². The quantitative estimate of drug-likeness (QED) is 0.158. The van der Waals surface area contributed by atoms with E-state index in [2.05, 4.69) is 160 Å². The van der Waals surface area contributed by atoms with Crippen molar-refractivity contribution < 1.29 is 56.9 Å². The molecule has 0 saturated carbocycles. The van der Waals surface area contributed by atoms with E-state index >= 15 is 0 Å². The SMILES string of the molecule is C#C[Si](C)(C)C.C#Cc1ccc(CCCC)cc1.CCCCc1ccc(Br)cc1.CCCCc1ccc(C#C[Si](C)(C)C)cc1.[K+].[OH-]. The summed E-state index contributed by atoms with van der Waals surface area (Å²) in [6, 6.07) is 25.5. The third kappa shape index (κ3) is 30.6. The summed E-state index contributed by atoms with van der Waals surface area (Å²) in [4.78, 5) is 0. The largest absolute Gasteiger partial charge is 1.00 e. The first-order valence-electron chi connectivity index (χ1n) is 16.7. The Kier molecular flexibility index (Phi) is 31.8. The molecular formula is C42H60BrKOSi2. The molecule has 0 saturated heterocycles. The van der Waals surface area contributed by atoms with Crippen molar-refractivity contribution in [2.45, 2.75) is 118 Å². The molecule has 0 heterocycles. The van der Waals surface area contributed by atoms with Gasteiger partial charge in [-0.3, -0.25) is 0 Å². The zero-order valence-electron chi connectivity index (χ0n) is 31.3. The Morgan fingerprint density at radius 2 is 0.872 bits per heavy atom. The number of halogens is 1. The summed E-state index contributed by atoms with van der Waals surface area (Å²) in [5, 5.41) is 0. The van der Waals surface area contributed by atoms with Crippen molar-refractivity contribution in [1.29, 1.82) is 0 Å². The number of hydrogen-bond donors (Lipinski definition) is 0. The first-order chi connectivity index (χ1) is 21.3. The fourth-order valence-corrected chi connectivity index (χ4v) is 4.36. The number of hydrogen-bond acceptors (Lipinski definition) is 1. The van der Waals surface area contributed by atoms with Gasteiger partial charge in [0.1, 0.15) is 16.1 Å². The molecule has 0 aromatic heterocycles. The van der Waals surface area contributed by atoms with E-state index in [4.69, 9.17) is 12.8 Å². The Bertz CT molecular complexity index is 1330. The second-order valence-electron chi connectivity index (χ2n) is 13.4. The van der Waals surface area contributed by atoms with E-state index in [0.29, 0.717) is 0 Å². The Balaban J connectivity index is -0.000000566. The van der Waals surface area contributed by atoms with E-state index in [-0.39, 0.29) is 56.9 Å². The first-order valence-corrected chi connectivity index (χ1v) is 24.5. The topological polar surface area (TPSA) is 30.0 Å². The molecule has 0 aliphatic rings. The van der Waals surface area contributed by atoms with E-state index in [9.17, 15) is 0 Å². The third-order valence-corrected chi connectivity index (χ3v) is 8.73. The molecule has 47 heavy (non-hydrogen) atoms. The molecule has 3 aromatic carbocycles. The molecule has 3 aromatic rings. The fraction of sp³-hybridized carbons (Fsp3) is 0.429. The zero-order chi connectivity index (χ0) is 34.1. The van der Waals surface area contributed by atoms with Crippen molar-refractivity contribution in [2.24, 2.45) is 0 Å². The Labute approximate surface area is 343 Å². The monoisotopic (exact) mass is 754 g/mol. The molecule has 1 nitrogen and oxygen atoms in total. The van der Waals surface area contributed by atoms with Gasteiger partial charge in [-0.2, -0.15) is 0 Å². The van der Waals surface area contributed by atoms with Crippen molar-refractivity contribution in [3.63, 3.8) is 0 Å². The molecule has 0 amide bonds. The van der Waals surface area contributed by atoms with Crippen LogP contribution in [0.5, 0.6) is 0 Å². The smallest absolute Gasteiger partial charge is 0.870 e. The van der Waals surface area contributed by atoms with Crippen LogP contribution in [0, 0.1) is 35.8 Å². The van der Waals surface area contributed by atoms with Crippen LogP contribution in [0.3, 0.4) is 0 Å². The van der Waals surface area contributed by atoms with Gasteiger partial charge in [0.25, 0.3) is 0 Å². The van der Waals surface area contributed by atoms with E-state index in [1.54, 1.807) is 0 Å². The van der Waals surface area contributed by atoms with Crippen molar-refractivity contribution >= 4 is 32.1 Å². The van der Waals surface area contributed by atoms with Gasteiger partial charge < -0.3 is 5.48 Å². The van der Waals surface area contributed by atoms with Gasteiger partial charge >= 0.3 is 51.4 Å². The molecule has 0 fully saturated rings. The van der Waals surface area contributed by atoms with Crippen LogP contribution >= 0.6 is 15.9 Å². The van der Waals surface area contributed by atoms with E-state index in [0.717, 1.165) is 15.6 Å². The number of rotatable bonds is 9. The van der Waals surface area contributed by atoms with Gasteiger partial charge in [-0.25, -0.2) is 0 Å². The van der Waals surface area contributed by atoms with Crippen LogP contribution in [0.1, 0.15) is 87.1 Å². The predicted octanol–water partition coefficient (Wildman–Crippen LogP) is 9.38. The molecule has 0 unspecified atom stereocenters. The number of unbranched alkanes of at least 4 members (excludes halogenated alkanes) is 3. The molecule has 0 spiro atoms. The van der Waals surface area contributed by atoms with Crippen LogP contribution in [0.4, 0.5) is 0 Å². The summed E-state index contributed by atoms with van der Waals surface area (Å²) >= 11 is 3.41. The summed E-state index contributed by atoms with van der Waals surface area (Å²) in [5.74, 6) is 5.89. The second-order valence-corrected chi connectivity index (χ2v) is 23.8. The van der Waals surface area contributed by atoms with Crippen molar-refractivity contribution in [3.8, 4) is 35.8 Å². The van der Waals surface area contributed by atoms with Gasteiger partial charge in [0, 0.05) is 15.6 Å².